The molecule has 0 radical (unpaired) electrons. The summed E-state index contributed by atoms with van der Waals surface area (Å²) in [4.78, 5) is 25.5. The van der Waals surface area contributed by atoms with E-state index >= 15 is 0 Å². The Morgan fingerprint density at radius 1 is 1.17 bits per heavy atom. The van der Waals surface area contributed by atoms with Crippen molar-refractivity contribution in [1.82, 2.24) is 19.5 Å². The van der Waals surface area contributed by atoms with Crippen LogP contribution >= 0.6 is 23.2 Å². The SMILES string of the molecule is NC(=O)[C@H]1CC[C@@H](n2c(Nc3c(F)cc(Cl)cc3Cl)nc3cnc(N[C@H]4CCCOC4)nc32)CC1. The lowest BCUT2D eigenvalue weighted by Crippen LogP contribution is -2.31. The normalized spacial score (nSPS) is 22.8. The highest BCUT2D eigenvalue weighted by molar-refractivity contribution is 6.36. The maximum absolute atomic E-state index is 14.7. The number of aromatic nitrogens is 4. The molecule has 2 aliphatic rings. The van der Waals surface area contributed by atoms with Crippen molar-refractivity contribution in [3.8, 4) is 0 Å². The molecule has 3 heterocycles. The lowest BCUT2D eigenvalue weighted by molar-refractivity contribution is -0.122. The molecule has 0 unspecified atom stereocenters. The average Bonchev–Trinajstić information content (AvgIpc) is 3.19. The van der Waals surface area contributed by atoms with Crippen LogP contribution in [0.1, 0.15) is 44.6 Å². The molecule has 1 aliphatic heterocycles. The molecule has 2 aromatic heterocycles. The number of anilines is 3. The van der Waals surface area contributed by atoms with Crippen LogP contribution in [0.2, 0.25) is 10.0 Å². The zero-order chi connectivity index (χ0) is 24.5. The third kappa shape index (κ3) is 5.14. The first kappa shape index (κ1) is 24.0. The monoisotopic (exact) mass is 521 g/mol. The Morgan fingerprint density at radius 3 is 2.66 bits per heavy atom. The van der Waals surface area contributed by atoms with Gasteiger partial charge in [-0.05, 0) is 50.7 Å². The minimum atomic E-state index is -0.593. The molecule has 1 atom stereocenters. The first-order chi connectivity index (χ1) is 16.9. The summed E-state index contributed by atoms with van der Waals surface area (Å²) in [7, 11) is 0. The molecule has 35 heavy (non-hydrogen) atoms. The molecule has 1 saturated carbocycles. The van der Waals surface area contributed by atoms with E-state index in [1.165, 1.54) is 12.1 Å². The third-order valence-corrected chi connectivity index (χ3v) is 7.15. The number of nitrogens with two attached hydrogens (primary N) is 1. The summed E-state index contributed by atoms with van der Waals surface area (Å²) in [6, 6.07) is 2.76. The Hall–Kier alpha value is -2.69. The zero-order valence-electron chi connectivity index (χ0n) is 18.9. The zero-order valence-corrected chi connectivity index (χ0v) is 20.4. The van der Waals surface area contributed by atoms with Gasteiger partial charge < -0.3 is 21.1 Å². The minimum absolute atomic E-state index is 0.0204. The van der Waals surface area contributed by atoms with Crippen LogP contribution in [-0.4, -0.2) is 44.7 Å². The van der Waals surface area contributed by atoms with Gasteiger partial charge in [0.05, 0.1) is 29.6 Å². The molecular formula is C23H26Cl2FN7O2. The summed E-state index contributed by atoms with van der Waals surface area (Å²) >= 11 is 12.2. The Bertz CT molecular complexity index is 1220. The van der Waals surface area contributed by atoms with E-state index in [0.717, 1.165) is 19.4 Å². The number of nitrogens with one attached hydrogen (secondary N) is 2. The summed E-state index contributed by atoms with van der Waals surface area (Å²) in [5, 5.41) is 6.72. The van der Waals surface area contributed by atoms with E-state index in [-0.39, 0.29) is 39.6 Å². The van der Waals surface area contributed by atoms with Gasteiger partial charge in [-0.25, -0.2) is 14.4 Å². The topological polar surface area (TPSA) is 120 Å². The summed E-state index contributed by atoms with van der Waals surface area (Å²) in [6.07, 6.45) is 6.31. The summed E-state index contributed by atoms with van der Waals surface area (Å²) in [6.45, 7) is 1.36. The molecular weight excluding hydrogens is 496 g/mol. The lowest BCUT2D eigenvalue weighted by Gasteiger charge is -2.29. The molecule has 2 fully saturated rings. The number of carbonyl (C=O) groups is 1. The summed E-state index contributed by atoms with van der Waals surface area (Å²) in [5.74, 6) is -0.167. The Morgan fingerprint density at radius 2 is 1.97 bits per heavy atom. The fourth-order valence-electron chi connectivity index (χ4n) is 4.82. The highest BCUT2D eigenvalue weighted by Gasteiger charge is 2.29. The van der Waals surface area contributed by atoms with E-state index in [0.29, 0.717) is 55.4 Å². The molecule has 1 amide bonds. The summed E-state index contributed by atoms with van der Waals surface area (Å²) < 4.78 is 22.2. The standard InChI is InChI=1S/C23H26Cl2FN7O2/c24-13-8-16(25)19(17(26)9-13)31-23-30-18-10-28-22(29-14-2-1-7-35-11-14)32-21(18)33(23)15-5-3-12(4-6-15)20(27)34/h8-10,12,14-15H,1-7,11H2,(H2,27,34)(H,30,31)(H,28,29,32)/t12-,14-,15+/m0/s1. The van der Waals surface area contributed by atoms with E-state index in [1.807, 2.05) is 4.57 Å². The van der Waals surface area contributed by atoms with Crippen LogP contribution in [0, 0.1) is 11.7 Å². The fourth-order valence-corrected chi connectivity index (χ4v) is 5.34. The second kappa shape index (κ2) is 10.1. The Kier molecular flexibility index (Phi) is 6.95. The predicted molar refractivity (Wildman–Crippen MR) is 133 cm³/mol. The van der Waals surface area contributed by atoms with Gasteiger partial charge in [0.25, 0.3) is 0 Å². The van der Waals surface area contributed by atoms with Crippen molar-refractivity contribution in [3.63, 3.8) is 0 Å². The highest BCUT2D eigenvalue weighted by Crippen LogP contribution is 2.38. The number of halogens is 3. The number of rotatable bonds is 6. The molecule has 1 aliphatic carbocycles. The van der Waals surface area contributed by atoms with Crippen LogP contribution in [-0.2, 0) is 9.53 Å². The van der Waals surface area contributed by atoms with Crippen LogP contribution in [0.5, 0.6) is 0 Å². The van der Waals surface area contributed by atoms with E-state index in [1.54, 1.807) is 6.20 Å². The highest BCUT2D eigenvalue weighted by atomic mass is 35.5. The molecule has 9 nitrogen and oxygen atoms in total. The lowest BCUT2D eigenvalue weighted by atomic mass is 9.85. The van der Waals surface area contributed by atoms with Crippen molar-refractivity contribution in [2.24, 2.45) is 11.7 Å². The Balaban J connectivity index is 1.52. The predicted octanol–water partition coefficient (Wildman–Crippen LogP) is 4.82. The first-order valence-electron chi connectivity index (χ1n) is 11.7. The smallest absolute Gasteiger partial charge is 0.225 e. The van der Waals surface area contributed by atoms with Crippen LogP contribution in [0.15, 0.2) is 18.3 Å². The van der Waals surface area contributed by atoms with Crippen molar-refractivity contribution in [2.75, 3.05) is 23.8 Å². The van der Waals surface area contributed by atoms with Gasteiger partial charge >= 0.3 is 0 Å². The first-order valence-corrected chi connectivity index (χ1v) is 12.4. The molecule has 0 bridgehead atoms. The van der Waals surface area contributed by atoms with E-state index < -0.39 is 5.82 Å². The summed E-state index contributed by atoms with van der Waals surface area (Å²) in [5.41, 5.74) is 6.77. The van der Waals surface area contributed by atoms with Gasteiger partial charge in [0, 0.05) is 23.6 Å². The number of imidazole rings is 1. The van der Waals surface area contributed by atoms with Crippen LogP contribution in [0.25, 0.3) is 11.2 Å². The van der Waals surface area contributed by atoms with Crippen molar-refractivity contribution in [1.29, 1.82) is 0 Å². The maximum atomic E-state index is 14.7. The van der Waals surface area contributed by atoms with Crippen molar-refractivity contribution in [3.05, 3.63) is 34.2 Å². The number of benzene rings is 1. The average molecular weight is 522 g/mol. The van der Waals surface area contributed by atoms with E-state index in [9.17, 15) is 9.18 Å². The van der Waals surface area contributed by atoms with E-state index in [2.05, 4.69) is 20.6 Å². The molecule has 1 saturated heterocycles. The molecule has 186 valence electrons. The number of carbonyl (C=O) groups excluding carboxylic acids is 1. The Labute approximate surface area is 211 Å². The molecule has 1 aromatic carbocycles. The van der Waals surface area contributed by atoms with E-state index in [4.69, 9.17) is 38.7 Å². The molecule has 5 rings (SSSR count). The van der Waals surface area contributed by atoms with Crippen LogP contribution in [0.3, 0.4) is 0 Å². The number of fused-ring (bicyclic) bond motifs is 1. The number of hydrogen-bond donors (Lipinski definition) is 3. The second-order valence-electron chi connectivity index (χ2n) is 9.04. The number of amides is 1. The molecule has 4 N–H and O–H groups in total. The molecule has 3 aromatic rings. The van der Waals surface area contributed by atoms with Crippen molar-refractivity contribution >= 4 is 57.9 Å². The fraction of sp³-hybridized carbons (Fsp3) is 0.478. The van der Waals surface area contributed by atoms with Crippen molar-refractivity contribution in [2.45, 2.75) is 50.6 Å². The second-order valence-corrected chi connectivity index (χ2v) is 9.89. The number of primary amides is 1. The van der Waals surface area contributed by atoms with Crippen LogP contribution in [0.4, 0.5) is 22.0 Å². The third-order valence-electron chi connectivity index (χ3n) is 6.63. The van der Waals surface area contributed by atoms with Crippen molar-refractivity contribution < 1.29 is 13.9 Å². The van der Waals surface area contributed by atoms with Gasteiger partial charge in [-0.2, -0.15) is 4.98 Å². The van der Waals surface area contributed by atoms with Gasteiger partial charge in [-0.3, -0.25) is 9.36 Å². The number of nitrogens with zero attached hydrogens (tertiary/aromatic N) is 4. The van der Waals surface area contributed by atoms with Gasteiger partial charge in [-0.1, -0.05) is 23.2 Å². The van der Waals surface area contributed by atoms with Crippen LogP contribution < -0.4 is 16.4 Å². The number of ether oxygens (including phenoxy) is 1. The maximum Gasteiger partial charge on any atom is 0.225 e. The minimum Gasteiger partial charge on any atom is -0.379 e. The van der Waals surface area contributed by atoms with Gasteiger partial charge in [0.15, 0.2) is 5.65 Å². The molecule has 0 spiro atoms. The quantitative estimate of drug-likeness (QED) is 0.425. The van der Waals surface area contributed by atoms with Gasteiger partial charge in [0.1, 0.15) is 11.3 Å². The van der Waals surface area contributed by atoms with Gasteiger partial charge in [0.2, 0.25) is 17.8 Å². The largest absolute Gasteiger partial charge is 0.379 e. The molecule has 12 heteroatoms. The van der Waals surface area contributed by atoms with Gasteiger partial charge in [-0.15, -0.1) is 0 Å². The number of hydrogen-bond acceptors (Lipinski definition) is 7.